The van der Waals surface area contributed by atoms with Crippen molar-refractivity contribution in [3.8, 4) is 5.75 Å². The van der Waals surface area contributed by atoms with E-state index in [0.29, 0.717) is 11.4 Å². The van der Waals surface area contributed by atoms with Crippen LogP contribution in [0.1, 0.15) is 22.8 Å². The number of halogens is 1. The predicted octanol–water partition coefficient (Wildman–Crippen LogP) is 3.93. The van der Waals surface area contributed by atoms with Crippen LogP contribution in [-0.4, -0.2) is 12.2 Å². The van der Waals surface area contributed by atoms with Crippen molar-refractivity contribution in [2.45, 2.75) is 19.4 Å². The van der Waals surface area contributed by atoms with Crippen LogP contribution < -0.4 is 4.74 Å². The minimum atomic E-state index is -0.521. The van der Waals surface area contributed by atoms with Crippen molar-refractivity contribution in [1.29, 1.82) is 0 Å². The van der Waals surface area contributed by atoms with Gasteiger partial charge in [-0.15, -0.1) is 0 Å². The lowest BCUT2D eigenvalue weighted by Crippen LogP contribution is -2.04. The number of hydrogen-bond acceptors (Lipinski definition) is 2. The van der Waals surface area contributed by atoms with E-state index in [1.165, 1.54) is 0 Å². The first-order chi connectivity index (χ1) is 9.10. The van der Waals surface area contributed by atoms with Crippen LogP contribution in [0.25, 0.3) is 0 Å². The normalized spacial score (nSPS) is 12.2. The minimum Gasteiger partial charge on any atom is -0.497 e. The van der Waals surface area contributed by atoms with Gasteiger partial charge in [-0.1, -0.05) is 29.8 Å². The maximum atomic E-state index is 10.3. The molecule has 0 bridgehead atoms. The van der Waals surface area contributed by atoms with Crippen LogP contribution >= 0.6 is 11.6 Å². The highest BCUT2D eigenvalue weighted by molar-refractivity contribution is 6.30. The fourth-order valence-electron chi connectivity index (χ4n) is 2.10. The standard InChI is InChI=1S/C16H17ClO2/c1-11-9-14(19-2)7-8-15(11)16(18)10-12-3-5-13(17)6-4-12/h3-9,16,18H,10H2,1-2H3. The maximum absolute atomic E-state index is 10.3. The van der Waals surface area contributed by atoms with Crippen LogP contribution in [-0.2, 0) is 6.42 Å². The number of ether oxygens (including phenoxy) is 1. The highest BCUT2D eigenvalue weighted by Gasteiger charge is 2.12. The van der Waals surface area contributed by atoms with Gasteiger partial charge < -0.3 is 9.84 Å². The molecule has 0 aliphatic heterocycles. The van der Waals surface area contributed by atoms with E-state index in [1.807, 2.05) is 49.4 Å². The predicted molar refractivity (Wildman–Crippen MR) is 77.8 cm³/mol. The molecule has 2 aromatic carbocycles. The number of aliphatic hydroxyl groups is 1. The molecule has 0 fully saturated rings. The number of rotatable bonds is 4. The van der Waals surface area contributed by atoms with Crippen LogP contribution in [0.15, 0.2) is 42.5 Å². The van der Waals surface area contributed by atoms with Crippen molar-refractivity contribution in [3.05, 3.63) is 64.2 Å². The fraction of sp³-hybridized carbons (Fsp3) is 0.250. The molecule has 2 aromatic rings. The van der Waals surface area contributed by atoms with Gasteiger partial charge in [-0.25, -0.2) is 0 Å². The smallest absolute Gasteiger partial charge is 0.119 e. The first kappa shape index (κ1) is 13.9. The number of aryl methyl sites for hydroxylation is 1. The summed E-state index contributed by atoms with van der Waals surface area (Å²) in [6, 6.07) is 13.3. The zero-order chi connectivity index (χ0) is 13.8. The zero-order valence-electron chi connectivity index (χ0n) is 11.1. The maximum Gasteiger partial charge on any atom is 0.119 e. The van der Waals surface area contributed by atoms with Gasteiger partial charge in [0.15, 0.2) is 0 Å². The van der Waals surface area contributed by atoms with Gasteiger partial charge in [0.1, 0.15) is 5.75 Å². The van der Waals surface area contributed by atoms with E-state index >= 15 is 0 Å². The van der Waals surface area contributed by atoms with E-state index in [9.17, 15) is 5.11 Å². The number of hydrogen-bond donors (Lipinski definition) is 1. The largest absolute Gasteiger partial charge is 0.497 e. The van der Waals surface area contributed by atoms with Gasteiger partial charge in [-0.05, 0) is 47.9 Å². The molecular formula is C16H17ClO2. The summed E-state index contributed by atoms with van der Waals surface area (Å²) in [4.78, 5) is 0. The molecule has 1 N–H and O–H groups in total. The quantitative estimate of drug-likeness (QED) is 0.917. The van der Waals surface area contributed by atoms with E-state index in [2.05, 4.69) is 0 Å². The second kappa shape index (κ2) is 6.09. The summed E-state index contributed by atoms with van der Waals surface area (Å²) in [5.41, 5.74) is 3.02. The molecule has 0 aliphatic rings. The van der Waals surface area contributed by atoms with Gasteiger partial charge in [-0.2, -0.15) is 0 Å². The molecule has 0 amide bonds. The molecule has 19 heavy (non-hydrogen) atoms. The van der Waals surface area contributed by atoms with E-state index in [-0.39, 0.29) is 0 Å². The monoisotopic (exact) mass is 276 g/mol. The van der Waals surface area contributed by atoms with Crippen molar-refractivity contribution in [1.82, 2.24) is 0 Å². The summed E-state index contributed by atoms with van der Waals surface area (Å²) < 4.78 is 5.16. The van der Waals surface area contributed by atoms with E-state index < -0.39 is 6.10 Å². The Morgan fingerprint density at radius 2 is 1.84 bits per heavy atom. The molecular weight excluding hydrogens is 260 g/mol. The van der Waals surface area contributed by atoms with Crippen molar-refractivity contribution < 1.29 is 9.84 Å². The highest BCUT2D eigenvalue weighted by atomic mass is 35.5. The molecule has 3 heteroatoms. The molecule has 1 atom stereocenters. The van der Waals surface area contributed by atoms with E-state index in [1.54, 1.807) is 7.11 Å². The third-order valence-electron chi connectivity index (χ3n) is 3.18. The summed E-state index contributed by atoms with van der Waals surface area (Å²) in [6.45, 7) is 1.98. The van der Waals surface area contributed by atoms with Gasteiger partial charge in [0.25, 0.3) is 0 Å². The van der Waals surface area contributed by atoms with Gasteiger partial charge in [0.05, 0.1) is 13.2 Å². The van der Waals surface area contributed by atoms with Gasteiger partial charge in [-0.3, -0.25) is 0 Å². The third kappa shape index (κ3) is 3.49. The summed E-state index contributed by atoms with van der Waals surface area (Å²) in [7, 11) is 1.64. The fourth-order valence-corrected chi connectivity index (χ4v) is 2.23. The Kier molecular flexibility index (Phi) is 4.46. The topological polar surface area (TPSA) is 29.5 Å². The number of methoxy groups -OCH3 is 1. The summed E-state index contributed by atoms with van der Waals surface area (Å²) in [5.74, 6) is 0.806. The Labute approximate surface area is 118 Å². The third-order valence-corrected chi connectivity index (χ3v) is 3.43. The van der Waals surface area contributed by atoms with Gasteiger partial charge in [0.2, 0.25) is 0 Å². The van der Waals surface area contributed by atoms with Crippen LogP contribution in [0.2, 0.25) is 5.02 Å². The lowest BCUT2D eigenvalue weighted by Gasteiger charge is -2.15. The average molecular weight is 277 g/mol. The summed E-state index contributed by atoms with van der Waals surface area (Å²) in [5, 5.41) is 11.0. The van der Waals surface area contributed by atoms with Crippen LogP contribution in [0.3, 0.4) is 0 Å². The first-order valence-corrected chi connectivity index (χ1v) is 6.55. The second-order valence-electron chi connectivity index (χ2n) is 4.57. The minimum absolute atomic E-state index is 0.521. The molecule has 2 nitrogen and oxygen atoms in total. The van der Waals surface area contributed by atoms with Crippen molar-refractivity contribution in [3.63, 3.8) is 0 Å². The van der Waals surface area contributed by atoms with Crippen LogP contribution in [0, 0.1) is 6.92 Å². The Morgan fingerprint density at radius 3 is 2.42 bits per heavy atom. The lowest BCUT2D eigenvalue weighted by molar-refractivity contribution is 0.177. The van der Waals surface area contributed by atoms with Crippen LogP contribution in [0.4, 0.5) is 0 Å². The Bertz CT molecular complexity index is 549. The van der Waals surface area contributed by atoms with Crippen molar-refractivity contribution in [2.75, 3.05) is 7.11 Å². The molecule has 100 valence electrons. The first-order valence-electron chi connectivity index (χ1n) is 6.17. The Morgan fingerprint density at radius 1 is 1.16 bits per heavy atom. The molecule has 0 aliphatic carbocycles. The molecule has 0 radical (unpaired) electrons. The molecule has 0 heterocycles. The molecule has 0 saturated carbocycles. The zero-order valence-corrected chi connectivity index (χ0v) is 11.8. The SMILES string of the molecule is COc1ccc(C(O)Cc2ccc(Cl)cc2)c(C)c1. The van der Waals surface area contributed by atoms with Gasteiger partial charge in [0, 0.05) is 11.4 Å². The highest BCUT2D eigenvalue weighted by Crippen LogP contribution is 2.25. The number of benzene rings is 2. The average Bonchev–Trinajstić information content (AvgIpc) is 2.41. The molecule has 0 saturated heterocycles. The van der Waals surface area contributed by atoms with Crippen LogP contribution in [0.5, 0.6) is 5.75 Å². The van der Waals surface area contributed by atoms with E-state index in [4.69, 9.17) is 16.3 Å². The Hall–Kier alpha value is -1.51. The number of aliphatic hydroxyl groups excluding tert-OH is 1. The molecule has 1 unspecified atom stereocenters. The Balaban J connectivity index is 2.15. The van der Waals surface area contributed by atoms with Gasteiger partial charge >= 0.3 is 0 Å². The lowest BCUT2D eigenvalue weighted by atomic mass is 9.97. The van der Waals surface area contributed by atoms with Crippen molar-refractivity contribution in [2.24, 2.45) is 0 Å². The molecule has 0 aromatic heterocycles. The summed E-state index contributed by atoms with van der Waals surface area (Å²) >= 11 is 5.85. The summed E-state index contributed by atoms with van der Waals surface area (Å²) in [6.07, 6.45) is 0.0525. The second-order valence-corrected chi connectivity index (χ2v) is 5.01. The molecule has 0 spiro atoms. The van der Waals surface area contributed by atoms with Crippen molar-refractivity contribution >= 4 is 11.6 Å². The molecule has 2 rings (SSSR count). The van der Waals surface area contributed by atoms with E-state index in [0.717, 1.165) is 22.4 Å².